The summed E-state index contributed by atoms with van der Waals surface area (Å²) in [4.78, 5) is 12.1. The molecule has 0 saturated heterocycles. The minimum atomic E-state index is -0.591. The van der Waals surface area contributed by atoms with Crippen molar-refractivity contribution in [3.05, 3.63) is 0 Å². The van der Waals surface area contributed by atoms with Gasteiger partial charge in [-0.1, -0.05) is 13.8 Å². The van der Waals surface area contributed by atoms with Crippen molar-refractivity contribution in [3.8, 4) is 0 Å². The van der Waals surface area contributed by atoms with E-state index in [0.717, 1.165) is 25.7 Å². The molecular formula is C16H28O2. The lowest BCUT2D eigenvalue weighted by atomic mass is 9.61. The molecule has 0 heterocycles. The molecule has 18 heavy (non-hydrogen) atoms. The fourth-order valence-corrected chi connectivity index (χ4v) is 4.83. The zero-order chi connectivity index (χ0) is 13.6. The summed E-state index contributed by atoms with van der Waals surface area (Å²) in [5.41, 5.74) is -0.382. The standard InChI is InChI=1S/C16H28O2/c1-11(10-15(2,3)18)12-7-8-13-14(17)6-5-9-16(12,13)4/h11-13,18H,5-10H2,1-4H3/t11-,12-,13-,16-/m1/s1. The molecule has 0 amide bonds. The first kappa shape index (κ1) is 14.0. The molecule has 0 aromatic carbocycles. The smallest absolute Gasteiger partial charge is 0.136 e. The molecule has 0 spiro atoms. The van der Waals surface area contributed by atoms with Crippen LogP contribution in [0.25, 0.3) is 0 Å². The predicted molar refractivity (Wildman–Crippen MR) is 73.3 cm³/mol. The van der Waals surface area contributed by atoms with Gasteiger partial charge in [0.05, 0.1) is 5.60 Å². The molecule has 4 atom stereocenters. The largest absolute Gasteiger partial charge is 0.390 e. The van der Waals surface area contributed by atoms with Gasteiger partial charge in [0, 0.05) is 12.3 Å². The Balaban J connectivity index is 2.13. The number of hydrogen-bond acceptors (Lipinski definition) is 2. The van der Waals surface area contributed by atoms with E-state index in [0.29, 0.717) is 23.5 Å². The third kappa shape index (κ3) is 2.49. The Kier molecular flexibility index (Phi) is 3.61. The van der Waals surface area contributed by atoms with Gasteiger partial charge in [-0.3, -0.25) is 4.79 Å². The second-order valence-corrected chi connectivity index (χ2v) is 7.56. The number of aliphatic hydroxyl groups is 1. The van der Waals surface area contributed by atoms with E-state index in [-0.39, 0.29) is 5.41 Å². The minimum absolute atomic E-state index is 0.208. The summed E-state index contributed by atoms with van der Waals surface area (Å²) in [7, 11) is 0. The van der Waals surface area contributed by atoms with E-state index < -0.39 is 5.60 Å². The van der Waals surface area contributed by atoms with E-state index in [4.69, 9.17) is 0 Å². The van der Waals surface area contributed by atoms with Crippen molar-refractivity contribution in [2.75, 3.05) is 0 Å². The minimum Gasteiger partial charge on any atom is -0.390 e. The van der Waals surface area contributed by atoms with Gasteiger partial charge in [-0.05, 0) is 63.2 Å². The molecular weight excluding hydrogens is 224 g/mol. The van der Waals surface area contributed by atoms with Gasteiger partial charge in [-0.15, -0.1) is 0 Å². The first-order chi connectivity index (χ1) is 8.24. The maximum Gasteiger partial charge on any atom is 0.136 e. The van der Waals surface area contributed by atoms with Crippen molar-refractivity contribution < 1.29 is 9.90 Å². The Labute approximate surface area is 111 Å². The fraction of sp³-hybridized carbons (Fsp3) is 0.938. The van der Waals surface area contributed by atoms with Crippen molar-refractivity contribution >= 4 is 5.78 Å². The average Bonchev–Trinajstić information content (AvgIpc) is 2.54. The lowest BCUT2D eigenvalue weighted by Gasteiger charge is -2.43. The van der Waals surface area contributed by atoms with Gasteiger partial charge in [-0.25, -0.2) is 0 Å². The van der Waals surface area contributed by atoms with Gasteiger partial charge in [0.25, 0.3) is 0 Å². The average molecular weight is 252 g/mol. The topological polar surface area (TPSA) is 37.3 Å². The lowest BCUT2D eigenvalue weighted by Crippen LogP contribution is -2.40. The molecule has 0 radical (unpaired) electrons. The molecule has 2 saturated carbocycles. The highest BCUT2D eigenvalue weighted by Gasteiger charge is 2.52. The fourth-order valence-electron chi connectivity index (χ4n) is 4.83. The summed E-state index contributed by atoms with van der Waals surface area (Å²) >= 11 is 0. The van der Waals surface area contributed by atoms with Crippen LogP contribution in [-0.2, 0) is 4.79 Å². The molecule has 0 aliphatic heterocycles. The molecule has 2 nitrogen and oxygen atoms in total. The molecule has 2 aliphatic carbocycles. The number of Topliss-reactive ketones (excluding diaryl/α,β-unsaturated/α-hetero) is 1. The van der Waals surface area contributed by atoms with E-state index in [2.05, 4.69) is 13.8 Å². The molecule has 0 aromatic rings. The van der Waals surface area contributed by atoms with Crippen LogP contribution in [0.15, 0.2) is 0 Å². The zero-order valence-electron chi connectivity index (χ0n) is 12.3. The Morgan fingerprint density at radius 3 is 2.72 bits per heavy atom. The van der Waals surface area contributed by atoms with Crippen LogP contribution < -0.4 is 0 Å². The molecule has 0 aromatic heterocycles. The second-order valence-electron chi connectivity index (χ2n) is 7.56. The molecule has 0 bridgehead atoms. The summed E-state index contributed by atoms with van der Waals surface area (Å²) in [6.07, 6.45) is 6.16. The molecule has 104 valence electrons. The van der Waals surface area contributed by atoms with Gasteiger partial charge in [0.2, 0.25) is 0 Å². The van der Waals surface area contributed by atoms with E-state index in [1.165, 1.54) is 12.8 Å². The van der Waals surface area contributed by atoms with Crippen LogP contribution in [-0.4, -0.2) is 16.5 Å². The number of carbonyl (C=O) groups excluding carboxylic acids is 1. The summed E-state index contributed by atoms with van der Waals surface area (Å²) < 4.78 is 0. The van der Waals surface area contributed by atoms with Crippen molar-refractivity contribution in [2.24, 2.45) is 23.2 Å². The maximum atomic E-state index is 12.1. The van der Waals surface area contributed by atoms with Crippen LogP contribution in [0, 0.1) is 23.2 Å². The quantitative estimate of drug-likeness (QED) is 0.833. The summed E-state index contributed by atoms with van der Waals surface area (Å²) in [5.74, 6) is 1.92. The summed E-state index contributed by atoms with van der Waals surface area (Å²) in [6, 6.07) is 0. The highest BCUT2D eigenvalue weighted by molar-refractivity contribution is 5.83. The number of ketones is 1. The Hall–Kier alpha value is -0.370. The van der Waals surface area contributed by atoms with Crippen LogP contribution in [0.5, 0.6) is 0 Å². The maximum absolute atomic E-state index is 12.1. The van der Waals surface area contributed by atoms with Crippen LogP contribution in [0.3, 0.4) is 0 Å². The summed E-state index contributed by atoms with van der Waals surface area (Å²) in [5, 5.41) is 10.0. The first-order valence-electron chi connectivity index (χ1n) is 7.49. The van der Waals surface area contributed by atoms with E-state index >= 15 is 0 Å². The van der Waals surface area contributed by atoms with Gasteiger partial charge >= 0.3 is 0 Å². The van der Waals surface area contributed by atoms with Crippen molar-refractivity contribution in [3.63, 3.8) is 0 Å². The third-order valence-electron chi connectivity index (χ3n) is 5.45. The molecule has 2 fully saturated rings. The van der Waals surface area contributed by atoms with Crippen LogP contribution in [0.4, 0.5) is 0 Å². The summed E-state index contributed by atoms with van der Waals surface area (Å²) in [6.45, 7) is 8.37. The normalized spacial score (nSPS) is 38.6. The van der Waals surface area contributed by atoms with Crippen LogP contribution >= 0.6 is 0 Å². The van der Waals surface area contributed by atoms with Crippen molar-refractivity contribution in [2.45, 2.75) is 71.8 Å². The number of rotatable bonds is 3. The highest BCUT2D eigenvalue weighted by Crippen LogP contribution is 2.57. The van der Waals surface area contributed by atoms with Crippen molar-refractivity contribution in [1.82, 2.24) is 0 Å². The van der Waals surface area contributed by atoms with E-state index in [9.17, 15) is 9.90 Å². The molecule has 2 rings (SSSR count). The lowest BCUT2D eigenvalue weighted by molar-refractivity contribution is -0.130. The van der Waals surface area contributed by atoms with Gasteiger partial charge < -0.3 is 5.11 Å². The third-order valence-corrected chi connectivity index (χ3v) is 5.45. The van der Waals surface area contributed by atoms with Gasteiger partial charge in [-0.2, -0.15) is 0 Å². The Morgan fingerprint density at radius 1 is 1.44 bits per heavy atom. The SMILES string of the molecule is C[C@H](CC(C)(C)O)[C@H]1CC[C@@H]2C(=O)CCC[C@@]21C. The Morgan fingerprint density at radius 2 is 2.11 bits per heavy atom. The van der Waals surface area contributed by atoms with Crippen molar-refractivity contribution in [1.29, 1.82) is 0 Å². The number of fused-ring (bicyclic) bond motifs is 1. The van der Waals surface area contributed by atoms with Crippen LogP contribution in [0.1, 0.15) is 66.2 Å². The van der Waals surface area contributed by atoms with Gasteiger partial charge in [0.15, 0.2) is 0 Å². The predicted octanol–water partition coefficient (Wildman–Crippen LogP) is 3.57. The van der Waals surface area contributed by atoms with E-state index in [1.807, 2.05) is 13.8 Å². The molecule has 0 unspecified atom stereocenters. The number of carbonyl (C=O) groups is 1. The monoisotopic (exact) mass is 252 g/mol. The molecule has 1 N–H and O–H groups in total. The Bertz CT molecular complexity index is 328. The zero-order valence-corrected chi connectivity index (χ0v) is 12.3. The molecule has 2 heteroatoms. The molecule has 2 aliphatic rings. The number of hydrogen-bond donors (Lipinski definition) is 1. The second kappa shape index (κ2) is 4.63. The first-order valence-corrected chi connectivity index (χ1v) is 7.49. The highest BCUT2D eigenvalue weighted by atomic mass is 16.3. The van der Waals surface area contributed by atoms with Crippen LogP contribution in [0.2, 0.25) is 0 Å². The van der Waals surface area contributed by atoms with E-state index in [1.54, 1.807) is 0 Å². The van der Waals surface area contributed by atoms with Gasteiger partial charge in [0.1, 0.15) is 5.78 Å².